The minimum atomic E-state index is -3.78. The van der Waals surface area contributed by atoms with Crippen LogP contribution in [0.4, 0.5) is 5.69 Å². The molecule has 0 saturated carbocycles. The fraction of sp³-hybridized carbons (Fsp3) is 0.333. The van der Waals surface area contributed by atoms with Crippen LogP contribution in [0.1, 0.15) is 18.1 Å². The Morgan fingerprint density at radius 1 is 1.19 bits per heavy atom. The predicted molar refractivity (Wildman–Crippen MR) is 127 cm³/mol. The molecule has 0 aliphatic heterocycles. The van der Waals surface area contributed by atoms with Gasteiger partial charge in [-0.05, 0) is 55.3 Å². The number of anilines is 1. The highest BCUT2D eigenvalue weighted by Crippen LogP contribution is 2.26. The summed E-state index contributed by atoms with van der Waals surface area (Å²) in [5.74, 6) is -0.854. The van der Waals surface area contributed by atoms with Crippen LogP contribution in [0, 0.1) is 6.92 Å². The normalized spacial score (nSPS) is 12.2. The fourth-order valence-corrected chi connectivity index (χ4v) is 4.70. The lowest BCUT2D eigenvalue weighted by Crippen LogP contribution is -2.50. The van der Waals surface area contributed by atoms with E-state index in [9.17, 15) is 18.0 Å². The van der Waals surface area contributed by atoms with Crippen molar-refractivity contribution in [3.8, 4) is 0 Å². The quantitative estimate of drug-likeness (QED) is 0.567. The summed E-state index contributed by atoms with van der Waals surface area (Å²) in [4.78, 5) is 27.0. The lowest BCUT2D eigenvalue weighted by Gasteiger charge is -2.31. The van der Waals surface area contributed by atoms with Gasteiger partial charge in [0, 0.05) is 23.1 Å². The number of hydrogen-bond acceptors (Lipinski definition) is 4. The zero-order valence-corrected chi connectivity index (χ0v) is 20.9. The molecule has 2 aromatic rings. The zero-order chi connectivity index (χ0) is 23.3. The lowest BCUT2D eigenvalue weighted by molar-refractivity contribution is -0.139. The molecule has 31 heavy (non-hydrogen) atoms. The third kappa shape index (κ3) is 6.69. The smallest absolute Gasteiger partial charge is 0.244 e. The van der Waals surface area contributed by atoms with E-state index in [-0.39, 0.29) is 12.5 Å². The third-order valence-corrected chi connectivity index (χ3v) is 6.62. The summed E-state index contributed by atoms with van der Waals surface area (Å²) in [6.07, 6.45) is 1.04. The molecule has 2 aromatic carbocycles. The molecule has 10 heteroatoms. The Hall–Kier alpha value is -2.10. The Morgan fingerprint density at radius 3 is 2.42 bits per heavy atom. The van der Waals surface area contributed by atoms with Gasteiger partial charge in [0.2, 0.25) is 21.8 Å². The van der Waals surface area contributed by atoms with Crippen molar-refractivity contribution in [2.24, 2.45) is 0 Å². The van der Waals surface area contributed by atoms with Gasteiger partial charge >= 0.3 is 0 Å². The van der Waals surface area contributed by atoms with Crippen molar-refractivity contribution < 1.29 is 18.0 Å². The number of amides is 2. The predicted octanol–water partition coefficient (Wildman–Crippen LogP) is 3.34. The van der Waals surface area contributed by atoms with E-state index < -0.39 is 28.5 Å². The summed E-state index contributed by atoms with van der Waals surface area (Å²) in [6.45, 7) is 3.02. The SMILES string of the molecule is CNC(=O)[C@H](C)N(Cc1cccc(Br)c1)C(=O)CN(c1ccc(Cl)cc1C)S(C)(=O)=O. The van der Waals surface area contributed by atoms with Crippen LogP contribution < -0.4 is 9.62 Å². The maximum Gasteiger partial charge on any atom is 0.244 e. The molecule has 2 rings (SSSR count). The van der Waals surface area contributed by atoms with Crippen molar-refractivity contribution in [1.82, 2.24) is 10.2 Å². The molecule has 0 aliphatic rings. The first-order valence-corrected chi connectivity index (χ1v) is 12.5. The lowest BCUT2D eigenvalue weighted by atomic mass is 10.1. The van der Waals surface area contributed by atoms with E-state index in [1.54, 1.807) is 32.0 Å². The van der Waals surface area contributed by atoms with Crippen LogP contribution in [-0.4, -0.2) is 51.0 Å². The number of nitrogens with zero attached hydrogens (tertiary/aromatic N) is 2. The second-order valence-corrected chi connectivity index (χ2v) is 10.4. The van der Waals surface area contributed by atoms with Gasteiger partial charge in [0.15, 0.2) is 0 Å². The number of hydrogen-bond donors (Lipinski definition) is 1. The van der Waals surface area contributed by atoms with Crippen LogP contribution in [-0.2, 0) is 26.2 Å². The summed E-state index contributed by atoms with van der Waals surface area (Å²) in [5.41, 5.74) is 1.77. The number of benzene rings is 2. The van der Waals surface area contributed by atoms with E-state index >= 15 is 0 Å². The van der Waals surface area contributed by atoms with Crippen LogP contribution >= 0.6 is 27.5 Å². The zero-order valence-electron chi connectivity index (χ0n) is 17.7. The molecule has 2 amide bonds. The minimum absolute atomic E-state index is 0.143. The van der Waals surface area contributed by atoms with Gasteiger partial charge in [-0.3, -0.25) is 13.9 Å². The summed E-state index contributed by atoms with van der Waals surface area (Å²) in [5, 5.41) is 3.00. The van der Waals surface area contributed by atoms with Crippen LogP contribution in [0.3, 0.4) is 0 Å². The molecule has 0 fully saturated rings. The van der Waals surface area contributed by atoms with Crippen molar-refractivity contribution in [1.29, 1.82) is 0 Å². The molecular weight excluding hydrogens is 506 g/mol. The van der Waals surface area contributed by atoms with Gasteiger partial charge in [0.05, 0.1) is 11.9 Å². The molecule has 0 bridgehead atoms. The molecular formula is C21H25BrClN3O4S. The standard InChI is InChI=1S/C21H25BrClN3O4S/c1-14-10-18(23)8-9-19(14)26(31(4,29)30)13-20(27)25(15(2)21(28)24-3)12-16-6-5-7-17(22)11-16/h5-11,15H,12-13H2,1-4H3,(H,24,28)/t15-/m0/s1. The van der Waals surface area contributed by atoms with Gasteiger partial charge in [-0.2, -0.15) is 0 Å². The summed E-state index contributed by atoms with van der Waals surface area (Å²) < 4.78 is 26.9. The number of nitrogens with one attached hydrogen (secondary N) is 1. The minimum Gasteiger partial charge on any atom is -0.357 e. The van der Waals surface area contributed by atoms with E-state index in [0.717, 1.165) is 20.6 Å². The van der Waals surface area contributed by atoms with E-state index in [1.807, 2.05) is 24.3 Å². The van der Waals surface area contributed by atoms with Crippen molar-refractivity contribution in [3.05, 3.63) is 63.1 Å². The number of sulfonamides is 1. The number of carbonyl (C=O) groups is 2. The van der Waals surface area contributed by atoms with Gasteiger partial charge in [-0.15, -0.1) is 0 Å². The van der Waals surface area contributed by atoms with E-state index in [4.69, 9.17) is 11.6 Å². The van der Waals surface area contributed by atoms with Gasteiger partial charge in [0.25, 0.3) is 0 Å². The van der Waals surface area contributed by atoms with E-state index in [2.05, 4.69) is 21.2 Å². The summed E-state index contributed by atoms with van der Waals surface area (Å²) in [6, 6.07) is 11.3. The monoisotopic (exact) mass is 529 g/mol. The summed E-state index contributed by atoms with van der Waals surface area (Å²) in [7, 11) is -2.29. The Bertz CT molecular complexity index is 1080. The van der Waals surface area contributed by atoms with Crippen molar-refractivity contribution in [2.45, 2.75) is 26.4 Å². The molecule has 0 aliphatic carbocycles. The summed E-state index contributed by atoms with van der Waals surface area (Å²) >= 11 is 9.39. The number of rotatable bonds is 8. The van der Waals surface area contributed by atoms with Crippen molar-refractivity contribution >= 4 is 55.1 Å². The molecule has 1 N–H and O–H groups in total. The number of likely N-dealkylation sites (N-methyl/N-ethyl adjacent to an activating group) is 1. The van der Waals surface area contributed by atoms with Crippen molar-refractivity contribution in [2.75, 3.05) is 24.2 Å². The Labute approximate surface area is 196 Å². The highest BCUT2D eigenvalue weighted by atomic mass is 79.9. The Morgan fingerprint density at radius 2 is 1.87 bits per heavy atom. The maximum atomic E-state index is 13.3. The van der Waals surface area contributed by atoms with E-state index in [1.165, 1.54) is 11.9 Å². The first-order valence-electron chi connectivity index (χ1n) is 9.43. The van der Waals surface area contributed by atoms with Crippen LogP contribution in [0.5, 0.6) is 0 Å². The topological polar surface area (TPSA) is 86.8 Å². The van der Waals surface area contributed by atoms with E-state index in [0.29, 0.717) is 16.3 Å². The highest BCUT2D eigenvalue weighted by Gasteiger charge is 2.30. The Kier molecular flexibility index (Phi) is 8.50. The highest BCUT2D eigenvalue weighted by molar-refractivity contribution is 9.10. The first kappa shape index (κ1) is 25.2. The van der Waals surface area contributed by atoms with Crippen molar-refractivity contribution in [3.63, 3.8) is 0 Å². The molecule has 0 aromatic heterocycles. The molecule has 0 unspecified atom stereocenters. The maximum absolute atomic E-state index is 13.3. The molecule has 0 heterocycles. The van der Waals surface area contributed by atoms with Crippen LogP contribution in [0.15, 0.2) is 46.9 Å². The average molecular weight is 531 g/mol. The number of carbonyl (C=O) groups excluding carboxylic acids is 2. The van der Waals surface area contributed by atoms with Crippen LogP contribution in [0.25, 0.3) is 0 Å². The van der Waals surface area contributed by atoms with Gasteiger partial charge < -0.3 is 10.2 Å². The van der Waals surface area contributed by atoms with Crippen LogP contribution in [0.2, 0.25) is 5.02 Å². The second-order valence-electron chi connectivity index (χ2n) is 7.14. The molecule has 168 valence electrons. The Balaban J connectivity index is 2.42. The molecule has 0 radical (unpaired) electrons. The average Bonchev–Trinajstić information content (AvgIpc) is 2.68. The molecule has 7 nitrogen and oxygen atoms in total. The van der Waals surface area contributed by atoms with Gasteiger partial charge in [-0.25, -0.2) is 8.42 Å². The second kappa shape index (κ2) is 10.5. The van der Waals surface area contributed by atoms with Gasteiger partial charge in [0.1, 0.15) is 12.6 Å². The third-order valence-electron chi connectivity index (χ3n) is 4.76. The molecule has 0 spiro atoms. The number of aryl methyl sites for hydroxylation is 1. The molecule has 1 atom stereocenters. The fourth-order valence-electron chi connectivity index (χ4n) is 3.12. The largest absolute Gasteiger partial charge is 0.357 e. The first-order chi connectivity index (χ1) is 14.4. The van der Waals surface area contributed by atoms with Gasteiger partial charge in [-0.1, -0.05) is 39.7 Å². The number of halogens is 2. The molecule has 0 saturated heterocycles.